The van der Waals surface area contributed by atoms with Crippen LogP contribution in [0.5, 0.6) is 0 Å². The van der Waals surface area contributed by atoms with Gasteiger partial charge in [-0.05, 0) is 43.7 Å². The van der Waals surface area contributed by atoms with E-state index in [9.17, 15) is 19.6 Å². The number of anilines is 1. The van der Waals surface area contributed by atoms with Gasteiger partial charge in [0.05, 0.1) is 24.6 Å². The van der Waals surface area contributed by atoms with Crippen molar-refractivity contribution in [3.05, 3.63) is 30.3 Å². The lowest BCUT2D eigenvalue weighted by Gasteiger charge is -2.22. The summed E-state index contributed by atoms with van der Waals surface area (Å²) >= 11 is 1.62. The Balaban J connectivity index is 1.27. The summed E-state index contributed by atoms with van der Waals surface area (Å²) in [5, 5.41) is 15.7. The minimum absolute atomic E-state index is 0.166. The van der Waals surface area contributed by atoms with E-state index in [1.807, 2.05) is 18.2 Å². The molecular formula is C23H29N5O3S. The van der Waals surface area contributed by atoms with Crippen LogP contribution in [0.25, 0.3) is 0 Å². The number of carbonyl (C=O) groups excluding carboxylic acids is 3. The number of nitrogens with one attached hydrogen (secondary N) is 3. The Hall–Kier alpha value is -2.57. The molecule has 2 aliphatic carbocycles. The maximum absolute atomic E-state index is 12.8. The first-order valence-electron chi connectivity index (χ1n) is 11.3. The first-order valence-corrected chi connectivity index (χ1v) is 12.2. The second kappa shape index (κ2) is 10.4. The molecule has 8 nitrogen and oxygen atoms in total. The van der Waals surface area contributed by atoms with E-state index in [0.717, 1.165) is 19.3 Å². The van der Waals surface area contributed by atoms with Crippen LogP contribution in [0, 0.1) is 23.2 Å². The van der Waals surface area contributed by atoms with E-state index in [1.165, 1.54) is 17.7 Å². The molecule has 1 heterocycles. The Labute approximate surface area is 192 Å². The zero-order chi connectivity index (χ0) is 22.5. The fraction of sp³-hybridized carbons (Fsp3) is 0.565. The quantitative estimate of drug-likeness (QED) is 0.465. The lowest BCUT2D eigenvalue weighted by atomic mass is 10.1. The predicted octanol–water partition coefficient (Wildman–Crippen LogP) is 2.05. The number of hydrogen-bond acceptors (Lipinski definition) is 6. The molecule has 3 aliphatic rings. The van der Waals surface area contributed by atoms with Gasteiger partial charge in [0.25, 0.3) is 0 Å². The molecule has 2 saturated carbocycles. The van der Waals surface area contributed by atoms with Crippen LogP contribution < -0.4 is 15.4 Å². The molecule has 3 amide bonds. The molecule has 0 bridgehead atoms. The van der Waals surface area contributed by atoms with Crippen molar-refractivity contribution in [2.75, 3.05) is 18.4 Å². The molecule has 3 fully saturated rings. The zero-order valence-corrected chi connectivity index (χ0v) is 18.8. The number of rotatable bonds is 10. The average Bonchev–Trinajstić information content (AvgIpc) is 3.74. The van der Waals surface area contributed by atoms with Crippen LogP contribution in [0.4, 0.5) is 5.69 Å². The number of likely N-dealkylation sites (tertiary alicyclic amines) is 1. The molecule has 1 aliphatic heterocycles. The van der Waals surface area contributed by atoms with E-state index in [0.29, 0.717) is 23.3 Å². The van der Waals surface area contributed by atoms with Gasteiger partial charge in [-0.15, -0.1) is 0 Å². The molecule has 32 heavy (non-hydrogen) atoms. The highest BCUT2D eigenvalue weighted by Crippen LogP contribution is 2.36. The Kier molecular flexibility index (Phi) is 7.33. The van der Waals surface area contributed by atoms with Crippen molar-refractivity contribution in [3.8, 4) is 6.07 Å². The van der Waals surface area contributed by atoms with E-state index in [4.69, 9.17) is 0 Å². The van der Waals surface area contributed by atoms with Gasteiger partial charge in [-0.25, -0.2) is 0 Å². The van der Waals surface area contributed by atoms with E-state index in [1.54, 1.807) is 24.1 Å². The van der Waals surface area contributed by atoms with Crippen LogP contribution in [-0.2, 0) is 14.4 Å². The predicted molar refractivity (Wildman–Crippen MR) is 122 cm³/mol. The van der Waals surface area contributed by atoms with Crippen molar-refractivity contribution in [2.24, 2.45) is 11.8 Å². The third-order valence-corrected chi connectivity index (χ3v) is 7.31. The first-order chi connectivity index (χ1) is 15.5. The van der Waals surface area contributed by atoms with Gasteiger partial charge < -0.3 is 15.5 Å². The van der Waals surface area contributed by atoms with Gasteiger partial charge in [0.15, 0.2) is 0 Å². The molecule has 3 N–H and O–H groups in total. The first kappa shape index (κ1) is 22.6. The van der Waals surface area contributed by atoms with Gasteiger partial charge in [0.2, 0.25) is 17.7 Å². The van der Waals surface area contributed by atoms with Crippen LogP contribution in [0.1, 0.15) is 38.5 Å². The molecule has 0 aromatic heterocycles. The molecule has 1 aromatic rings. The summed E-state index contributed by atoms with van der Waals surface area (Å²) in [7, 11) is 0. The molecule has 0 spiro atoms. The van der Waals surface area contributed by atoms with Gasteiger partial charge in [-0.2, -0.15) is 5.26 Å². The monoisotopic (exact) mass is 455 g/mol. The Morgan fingerprint density at radius 3 is 2.56 bits per heavy atom. The van der Waals surface area contributed by atoms with Gasteiger partial charge in [0, 0.05) is 17.5 Å². The van der Waals surface area contributed by atoms with E-state index in [2.05, 4.69) is 21.4 Å². The summed E-state index contributed by atoms with van der Waals surface area (Å²) < 4.78 is 3.29. The van der Waals surface area contributed by atoms with Crippen LogP contribution >= 0.6 is 11.9 Å². The Bertz CT molecular complexity index is 881. The minimum atomic E-state index is -0.670. The highest BCUT2D eigenvalue weighted by Gasteiger charge is 2.39. The van der Waals surface area contributed by atoms with Crippen LogP contribution in [-0.4, -0.2) is 53.0 Å². The lowest BCUT2D eigenvalue weighted by molar-refractivity contribution is -0.133. The summed E-state index contributed by atoms with van der Waals surface area (Å²) in [6.07, 6.45) is 5.74. The van der Waals surface area contributed by atoms with Crippen molar-refractivity contribution in [2.45, 2.75) is 55.9 Å². The topological polar surface area (TPSA) is 114 Å². The van der Waals surface area contributed by atoms with Gasteiger partial charge in [-0.3, -0.25) is 19.1 Å². The number of benzene rings is 1. The highest BCUT2D eigenvalue weighted by molar-refractivity contribution is 7.98. The lowest BCUT2D eigenvalue weighted by Crippen LogP contribution is -2.47. The van der Waals surface area contributed by atoms with Crippen LogP contribution in [0.3, 0.4) is 0 Å². The summed E-state index contributed by atoms with van der Waals surface area (Å²) in [4.78, 5) is 39.5. The fourth-order valence-corrected chi connectivity index (χ4v) is 4.77. The maximum atomic E-state index is 12.8. The summed E-state index contributed by atoms with van der Waals surface area (Å²) in [6, 6.07) is 10.2. The number of amides is 3. The highest BCUT2D eigenvalue weighted by atomic mass is 32.2. The normalized spacial score (nSPS) is 23.3. The molecule has 9 heteroatoms. The second-order valence-corrected chi connectivity index (χ2v) is 10.0. The number of para-hydroxylation sites is 1. The van der Waals surface area contributed by atoms with E-state index >= 15 is 0 Å². The van der Waals surface area contributed by atoms with Crippen molar-refractivity contribution >= 4 is 35.4 Å². The Morgan fingerprint density at radius 2 is 1.91 bits per heavy atom. The summed E-state index contributed by atoms with van der Waals surface area (Å²) in [5.41, 5.74) is 0.682. The fourth-order valence-electron chi connectivity index (χ4n) is 3.84. The van der Waals surface area contributed by atoms with Crippen molar-refractivity contribution in [1.82, 2.24) is 14.9 Å². The van der Waals surface area contributed by atoms with Gasteiger partial charge in [0.1, 0.15) is 6.04 Å². The number of nitrogens with zero attached hydrogens (tertiary/aromatic N) is 2. The molecular weight excluding hydrogens is 426 g/mol. The summed E-state index contributed by atoms with van der Waals surface area (Å²) in [6.45, 7) is 0.00780. The van der Waals surface area contributed by atoms with E-state index < -0.39 is 12.0 Å². The van der Waals surface area contributed by atoms with Gasteiger partial charge in [-0.1, -0.05) is 43.0 Å². The van der Waals surface area contributed by atoms with Gasteiger partial charge >= 0.3 is 0 Å². The maximum Gasteiger partial charge on any atom is 0.243 e. The third kappa shape index (κ3) is 6.24. The Morgan fingerprint density at radius 1 is 1.16 bits per heavy atom. The minimum Gasteiger partial charge on any atom is -0.346 e. The molecule has 4 rings (SSSR count). The molecule has 3 atom stereocenters. The smallest absolute Gasteiger partial charge is 0.243 e. The van der Waals surface area contributed by atoms with E-state index in [-0.39, 0.29) is 36.9 Å². The third-order valence-electron chi connectivity index (χ3n) is 6.08. The number of hydrogen-bond donors (Lipinski definition) is 3. The molecule has 170 valence electrons. The van der Waals surface area contributed by atoms with Crippen LogP contribution in [0.2, 0.25) is 0 Å². The van der Waals surface area contributed by atoms with Crippen molar-refractivity contribution in [3.63, 3.8) is 0 Å². The second-order valence-electron chi connectivity index (χ2n) is 8.86. The molecule has 1 aromatic carbocycles. The standard InChI is InChI=1S/C23H29N5O3S/c24-12-18-11-16(22(30)26-17-4-2-1-3-5-17)14-28(18)21(29)13-25-23(31)20(10-15-6-7-15)27-32-19-8-9-19/h1-5,15-16,18-20,27H,6-11,13-14H2,(H,25,31)(H,26,30). The van der Waals surface area contributed by atoms with Crippen molar-refractivity contribution in [1.29, 1.82) is 5.26 Å². The van der Waals surface area contributed by atoms with Crippen LogP contribution in [0.15, 0.2) is 30.3 Å². The number of carbonyl (C=O) groups is 3. The molecule has 3 unspecified atom stereocenters. The largest absolute Gasteiger partial charge is 0.346 e. The number of nitriles is 1. The zero-order valence-electron chi connectivity index (χ0n) is 18.0. The average molecular weight is 456 g/mol. The molecule has 1 saturated heterocycles. The van der Waals surface area contributed by atoms with Crippen molar-refractivity contribution < 1.29 is 14.4 Å². The SMILES string of the molecule is N#CC1CC(C(=O)Nc2ccccc2)CN1C(=O)CNC(=O)C(CC1CC1)NSC1CC1. The summed E-state index contributed by atoms with van der Waals surface area (Å²) in [5.74, 6) is -0.594. The molecule has 0 radical (unpaired) electrons.